The first kappa shape index (κ1) is 19.9. The predicted molar refractivity (Wildman–Crippen MR) is 127 cm³/mol. The van der Waals surface area contributed by atoms with E-state index in [2.05, 4.69) is 88.4 Å². The molecule has 4 nitrogen and oxygen atoms in total. The summed E-state index contributed by atoms with van der Waals surface area (Å²) >= 11 is 3.61. The molecule has 2 aliphatic heterocycles. The SMILES string of the molecule is C=CCOc1ccc(C2=CC3c4cc(Br)ccc4OC(c4ccc(C)cc4)N3N2)cc1. The van der Waals surface area contributed by atoms with Gasteiger partial charge in [0.15, 0.2) is 6.23 Å². The predicted octanol–water partition coefficient (Wildman–Crippen LogP) is 6.32. The Bertz CT molecular complexity index is 1140. The zero-order valence-corrected chi connectivity index (χ0v) is 18.8. The highest BCUT2D eigenvalue weighted by Gasteiger charge is 2.40. The van der Waals surface area contributed by atoms with Gasteiger partial charge in [-0.1, -0.05) is 58.4 Å². The first-order chi connectivity index (χ1) is 15.1. The summed E-state index contributed by atoms with van der Waals surface area (Å²) in [5.74, 6) is 1.73. The number of hydrogen-bond donors (Lipinski definition) is 1. The van der Waals surface area contributed by atoms with Crippen molar-refractivity contribution in [1.29, 1.82) is 0 Å². The number of halogens is 1. The van der Waals surface area contributed by atoms with Crippen molar-refractivity contribution in [1.82, 2.24) is 10.4 Å². The maximum Gasteiger partial charge on any atom is 0.195 e. The molecule has 0 spiro atoms. The van der Waals surface area contributed by atoms with Crippen LogP contribution in [0.2, 0.25) is 0 Å². The van der Waals surface area contributed by atoms with Gasteiger partial charge in [-0.3, -0.25) is 0 Å². The topological polar surface area (TPSA) is 33.7 Å². The van der Waals surface area contributed by atoms with Gasteiger partial charge in [0, 0.05) is 15.6 Å². The van der Waals surface area contributed by atoms with E-state index in [9.17, 15) is 0 Å². The van der Waals surface area contributed by atoms with Crippen LogP contribution in [-0.2, 0) is 0 Å². The van der Waals surface area contributed by atoms with Crippen LogP contribution in [0.4, 0.5) is 0 Å². The zero-order chi connectivity index (χ0) is 21.4. The van der Waals surface area contributed by atoms with Gasteiger partial charge in [-0.2, -0.15) is 5.01 Å². The zero-order valence-electron chi connectivity index (χ0n) is 17.2. The normalized spacial score (nSPS) is 19.5. The van der Waals surface area contributed by atoms with Crippen LogP contribution in [0.3, 0.4) is 0 Å². The lowest BCUT2D eigenvalue weighted by atomic mass is 10.0. The van der Waals surface area contributed by atoms with E-state index in [0.717, 1.165) is 38.4 Å². The minimum absolute atomic E-state index is 0.0549. The van der Waals surface area contributed by atoms with Crippen molar-refractivity contribution >= 4 is 21.6 Å². The van der Waals surface area contributed by atoms with Crippen molar-refractivity contribution in [3.05, 3.63) is 112 Å². The second kappa shape index (κ2) is 8.25. The molecule has 0 bridgehead atoms. The summed E-state index contributed by atoms with van der Waals surface area (Å²) in [6.07, 6.45) is 3.77. The van der Waals surface area contributed by atoms with Crippen molar-refractivity contribution in [2.24, 2.45) is 0 Å². The highest BCUT2D eigenvalue weighted by atomic mass is 79.9. The maximum atomic E-state index is 6.45. The van der Waals surface area contributed by atoms with Crippen LogP contribution in [0.5, 0.6) is 11.5 Å². The van der Waals surface area contributed by atoms with E-state index >= 15 is 0 Å². The van der Waals surface area contributed by atoms with E-state index < -0.39 is 0 Å². The molecule has 2 atom stereocenters. The van der Waals surface area contributed by atoms with E-state index in [1.165, 1.54) is 5.56 Å². The molecule has 0 amide bonds. The van der Waals surface area contributed by atoms with Crippen LogP contribution in [0.25, 0.3) is 5.70 Å². The van der Waals surface area contributed by atoms with Gasteiger partial charge >= 0.3 is 0 Å². The molecular formula is C26H23BrN2O2. The average molecular weight is 475 g/mol. The van der Waals surface area contributed by atoms with Crippen LogP contribution in [0, 0.1) is 6.92 Å². The Morgan fingerprint density at radius 2 is 1.87 bits per heavy atom. The fourth-order valence-electron chi connectivity index (χ4n) is 3.97. The third kappa shape index (κ3) is 3.87. The molecule has 0 aromatic heterocycles. The minimum atomic E-state index is -0.233. The first-order valence-corrected chi connectivity index (χ1v) is 11.1. The van der Waals surface area contributed by atoms with Gasteiger partial charge in [-0.05, 0) is 61.0 Å². The largest absolute Gasteiger partial charge is 0.490 e. The quantitative estimate of drug-likeness (QED) is 0.438. The van der Waals surface area contributed by atoms with E-state index in [1.54, 1.807) is 6.08 Å². The molecule has 2 aliphatic rings. The summed E-state index contributed by atoms with van der Waals surface area (Å²) in [6.45, 7) is 6.29. The number of ether oxygens (including phenoxy) is 2. The third-order valence-corrected chi connectivity index (χ3v) is 6.04. The third-order valence-electron chi connectivity index (χ3n) is 5.55. The Kier molecular flexibility index (Phi) is 5.30. The van der Waals surface area contributed by atoms with Gasteiger partial charge in [-0.15, -0.1) is 0 Å². The second-order valence-electron chi connectivity index (χ2n) is 7.73. The number of hydrogen-bond acceptors (Lipinski definition) is 4. The van der Waals surface area contributed by atoms with Crippen LogP contribution >= 0.6 is 15.9 Å². The summed E-state index contributed by atoms with van der Waals surface area (Å²) in [6, 6.07) is 22.9. The minimum Gasteiger partial charge on any atom is -0.490 e. The molecule has 0 radical (unpaired) electrons. The highest BCUT2D eigenvalue weighted by Crippen LogP contribution is 2.46. The van der Waals surface area contributed by atoms with Crippen LogP contribution in [0.1, 0.15) is 34.5 Å². The van der Waals surface area contributed by atoms with Gasteiger partial charge in [0.2, 0.25) is 0 Å². The lowest BCUT2D eigenvalue weighted by molar-refractivity contribution is -0.0326. The molecule has 5 rings (SSSR count). The molecule has 31 heavy (non-hydrogen) atoms. The average Bonchev–Trinajstić information content (AvgIpc) is 3.24. The second-order valence-corrected chi connectivity index (χ2v) is 8.65. The summed E-state index contributed by atoms with van der Waals surface area (Å²) in [5, 5.41) is 2.18. The highest BCUT2D eigenvalue weighted by molar-refractivity contribution is 9.10. The van der Waals surface area contributed by atoms with Crippen LogP contribution in [-0.4, -0.2) is 11.6 Å². The van der Waals surface area contributed by atoms with Crippen molar-refractivity contribution in [3.8, 4) is 11.5 Å². The molecule has 0 aliphatic carbocycles. The van der Waals surface area contributed by atoms with Gasteiger partial charge < -0.3 is 14.9 Å². The monoisotopic (exact) mass is 474 g/mol. The van der Waals surface area contributed by atoms with Gasteiger partial charge in [-0.25, -0.2) is 0 Å². The number of aryl methyl sites for hydroxylation is 1. The Hall–Kier alpha value is -3.02. The Balaban J connectivity index is 1.50. The molecule has 2 unspecified atom stereocenters. The summed E-state index contributed by atoms with van der Waals surface area (Å²) < 4.78 is 13.1. The van der Waals surface area contributed by atoms with E-state index in [-0.39, 0.29) is 12.3 Å². The number of hydrazine groups is 1. The summed E-state index contributed by atoms with van der Waals surface area (Å²) in [7, 11) is 0. The van der Waals surface area contributed by atoms with Gasteiger partial charge in [0.25, 0.3) is 0 Å². The maximum absolute atomic E-state index is 6.45. The number of rotatable bonds is 5. The van der Waals surface area contributed by atoms with Crippen molar-refractivity contribution in [2.45, 2.75) is 19.2 Å². The molecule has 2 heterocycles. The van der Waals surface area contributed by atoms with E-state index in [1.807, 2.05) is 24.3 Å². The fraction of sp³-hybridized carbons (Fsp3) is 0.154. The Morgan fingerprint density at radius 3 is 2.61 bits per heavy atom. The first-order valence-electron chi connectivity index (χ1n) is 10.3. The lowest BCUT2D eigenvalue weighted by Crippen LogP contribution is -2.43. The molecule has 0 fully saturated rings. The molecule has 1 N–H and O–H groups in total. The molecule has 3 aromatic rings. The number of benzene rings is 3. The van der Waals surface area contributed by atoms with E-state index in [0.29, 0.717) is 6.61 Å². The Morgan fingerprint density at radius 1 is 1.10 bits per heavy atom. The van der Waals surface area contributed by atoms with Gasteiger partial charge in [0.1, 0.15) is 18.1 Å². The molecule has 0 saturated carbocycles. The summed E-state index contributed by atoms with van der Waals surface area (Å²) in [5.41, 5.74) is 9.21. The van der Waals surface area contributed by atoms with E-state index in [4.69, 9.17) is 9.47 Å². The standard InChI is InChI=1S/C26H23BrN2O2/c1-3-14-30-21-11-8-18(9-12-21)23-16-24-22-15-20(27)10-13-25(22)31-26(29(24)28-23)19-6-4-17(2)5-7-19/h3-13,15-16,24,26,28H,1,14H2,2H3. The smallest absolute Gasteiger partial charge is 0.195 e. The van der Waals surface area contributed by atoms with Gasteiger partial charge in [0.05, 0.1) is 11.7 Å². The van der Waals surface area contributed by atoms with Crippen molar-refractivity contribution in [3.63, 3.8) is 0 Å². The number of nitrogens with one attached hydrogen (secondary N) is 1. The molecule has 5 heteroatoms. The lowest BCUT2D eigenvalue weighted by Gasteiger charge is -2.39. The summed E-state index contributed by atoms with van der Waals surface area (Å²) in [4.78, 5) is 0. The molecular weight excluding hydrogens is 452 g/mol. The van der Waals surface area contributed by atoms with Crippen LogP contribution < -0.4 is 14.9 Å². The van der Waals surface area contributed by atoms with Crippen molar-refractivity contribution < 1.29 is 9.47 Å². The number of fused-ring (bicyclic) bond motifs is 3. The molecule has 0 saturated heterocycles. The molecule has 3 aromatic carbocycles. The fourth-order valence-corrected chi connectivity index (χ4v) is 4.35. The van der Waals surface area contributed by atoms with Crippen LogP contribution in [0.15, 0.2) is 89.9 Å². The Labute approximate surface area is 190 Å². The molecule has 156 valence electrons. The van der Waals surface area contributed by atoms with Crippen molar-refractivity contribution in [2.75, 3.05) is 6.61 Å². The number of nitrogens with zero attached hydrogens (tertiary/aromatic N) is 1.